The minimum Gasteiger partial charge on any atom is -0.317 e. The maximum atomic E-state index is 3.57. The van der Waals surface area contributed by atoms with Crippen LogP contribution in [0.3, 0.4) is 0 Å². The average molecular weight is 255 g/mol. The van der Waals surface area contributed by atoms with Crippen molar-refractivity contribution in [2.45, 2.75) is 39.5 Å². The first-order valence-electron chi connectivity index (χ1n) is 7.80. The number of unbranched alkanes of at least 4 members (excludes halogenated alkanes) is 1. The molecule has 3 heteroatoms. The standard InChI is InChI=1S/C15H33N3/c1-15(2)7-4-5-8-16-9-6-10-18-13-11-17(3)12-14-18/h15-16H,4-14H2,1-3H3. The van der Waals surface area contributed by atoms with Crippen molar-refractivity contribution in [1.29, 1.82) is 0 Å². The van der Waals surface area contributed by atoms with Crippen molar-refractivity contribution in [1.82, 2.24) is 15.1 Å². The zero-order valence-corrected chi connectivity index (χ0v) is 12.7. The van der Waals surface area contributed by atoms with Crippen LogP contribution in [0.2, 0.25) is 0 Å². The molecule has 1 aliphatic heterocycles. The molecule has 0 aromatic carbocycles. The Morgan fingerprint density at radius 1 is 0.944 bits per heavy atom. The van der Waals surface area contributed by atoms with E-state index in [1.165, 1.54) is 71.5 Å². The second kappa shape index (κ2) is 9.76. The van der Waals surface area contributed by atoms with E-state index >= 15 is 0 Å². The molecule has 1 fully saturated rings. The molecule has 18 heavy (non-hydrogen) atoms. The quantitative estimate of drug-likeness (QED) is 0.636. The molecule has 0 spiro atoms. The van der Waals surface area contributed by atoms with E-state index in [2.05, 4.69) is 36.0 Å². The van der Waals surface area contributed by atoms with Gasteiger partial charge in [-0.1, -0.05) is 26.7 Å². The van der Waals surface area contributed by atoms with Gasteiger partial charge in [-0.3, -0.25) is 0 Å². The maximum absolute atomic E-state index is 3.57. The van der Waals surface area contributed by atoms with E-state index in [1.54, 1.807) is 0 Å². The molecule has 0 amide bonds. The van der Waals surface area contributed by atoms with Gasteiger partial charge in [-0.2, -0.15) is 0 Å². The minimum atomic E-state index is 0.863. The van der Waals surface area contributed by atoms with Crippen molar-refractivity contribution < 1.29 is 0 Å². The van der Waals surface area contributed by atoms with E-state index in [1.807, 2.05) is 0 Å². The Bertz CT molecular complexity index is 186. The molecule has 108 valence electrons. The van der Waals surface area contributed by atoms with Gasteiger partial charge in [-0.25, -0.2) is 0 Å². The van der Waals surface area contributed by atoms with Crippen LogP contribution >= 0.6 is 0 Å². The van der Waals surface area contributed by atoms with Gasteiger partial charge in [0, 0.05) is 26.2 Å². The second-order valence-electron chi connectivity index (χ2n) is 6.14. The summed E-state index contributed by atoms with van der Waals surface area (Å²) < 4.78 is 0. The van der Waals surface area contributed by atoms with Crippen molar-refractivity contribution in [3.05, 3.63) is 0 Å². The third-order valence-electron chi connectivity index (χ3n) is 3.81. The van der Waals surface area contributed by atoms with Crippen LogP contribution < -0.4 is 5.32 Å². The van der Waals surface area contributed by atoms with Gasteiger partial charge < -0.3 is 15.1 Å². The van der Waals surface area contributed by atoms with Gasteiger partial charge in [-0.15, -0.1) is 0 Å². The lowest BCUT2D eigenvalue weighted by Gasteiger charge is -2.32. The monoisotopic (exact) mass is 255 g/mol. The minimum absolute atomic E-state index is 0.863. The SMILES string of the molecule is CC(C)CCCCNCCCN1CCN(C)CC1. The van der Waals surface area contributed by atoms with E-state index in [9.17, 15) is 0 Å². The Hall–Kier alpha value is -0.120. The predicted molar refractivity (Wildman–Crippen MR) is 80.1 cm³/mol. The molecule has 1 N–H and O–H groups in total. The topological polar surface area (TPSA) is 18.5 Å². The molecule has 0 aromatic rings. The van der Waals surface area contributed by atoms with Crippen LogP contribution in [0.1, 0.15) is 39.5 Å². The largest absolute Gasteiger partial charge is 0.317 e. The molecule has 1 aliphatic rings. The van der Waals surface area contributed by atoms with Gasteiger partial charge in [0.15, 0.2) is 0 Å². The highest BCUT2D eigenvalue weighted by molar-refractivity contribution is 4.69. The van der Waals surface area contributed by atoms with Crippen LogP contribution in [0, 0.1) is 5.92 Å². The summed E-state index contributed by atoms with van der Waals surface area (Å²) in [5, 5.41) is 3.57. The zero-order chi connectivity index (χ0) is 13.2. The van der Waals surface area contributed by atoms with E-state index in [0.717, 1.165) is 5.92 Å². The molecule has 1 heterocycles. The number of nitrogens with one attached hydrogen (secondary N) is 1. The first-order chi connectivity index (χ1) is 8.68. The van der Waals surface area contributed by atoms with Crippen LogP contribution in [-0.4, -0.2) is 62.7 Å². The third kappa shape index (κ3) is 8.06. The molecule has 1 rings (SSSR count). The van der Waals surface area contributed by atoms with Crippen molar-refractivity contribution in [2.24, 2.45) is 5.92 Å². The van der Waals surface area contributed by atoms with Crippen LogP contribution in [0.4, 0.5) is 0 Å². The molecular formula is C15H33N3. The average Bonchev–Trinajstić information content (AvgIpc) is 2.34. The van der Waals surface area contributed by atoms with Gasteiger partial charge >= 0.3 is 0 Å². The molecule has 0 radical (unpaired) electrons. The van der Waals surface area contributed by atoms with E-state index in [0.29, 0.717) is 0 Å². The summed E-state index contributed by atoms with van der Waals surface area (Å²) in [6.45, 7) is 13.3. The summed E-state index contributed by atoms with van der Waals surface area (Å²) in [4.78, 5) is 5.02. The Kier molecular flexibility index (Phi) is 8.64. The summed E-state index contributed by atoms with van der Waals surface area (Å²) in [6, 6.07) is 0. The molecule has 0 unspecified atom stereocenters. The van der Waals surface area contributed by atoms with Gasteiger partial charge in [0.25, 0.3) is 0 Å². The molecule has 0 bridgehead atoms. The first kappa shape index (κ1) is 15.9. The van der Waals surface area contributed by atoms with Gasteiger partial charge in [0.1, 0.15) is 0 Å². The highest BCUT2D eigenvalue weighted by Crippen LogP contribution is 2.05. The summed E-state index contributed by atoms with van der Waals surface area (Å²) in [5.41, 5.74) is 0. The number of piperazine rings is 1. The van der Waals surface area contributed by atoms with Crippen molar-refractivity contribution in [2.75, 3.05) is 52.9 Å². The van der Waals surface area contributed by atoms with Crippen molar-refractivity contribution in [3.63, 3.8) is 0 Å². The maximum Gasteiger partial charge on any atom is 0.0110 e. The molecule has 0 atom stereocenters. The summed E-state index contributed by atoms with van der Waals surface area (Å²) in [6.07, 6.45) is 5.40. The Morgan fingerprint density at radius 3 is 2.28 bits per heavy atom. The third-order valence-corrected chi connectivity index (χ3v) is 3.81. The highest BCUT2D eigenvalue weighted by Gasteiger charge is 2.12. The normalized spacial score (nSPS) is 18.7. The summed E-state index contributed by atoms with van der Waals surface area (Å²) in [5.74, 6) is 0.863. The lowest BCUT2D eigenvalue weighted by molar-refractivity contribution is 0.153. The number of nitrogens with zero attached hydrogens (tertiary/aromatic N) is 2. The second-order valence-corrected chi connectivity index (χ2v) is 6.14. The van der Waals surface area contributed by atoms with Crippen molar-refractivity contribution >= 4 is 0 Å². The van der Waals surface area contributed by atoms with Crippen LogP contribution in [-0.2, 0) is 0 Å². The lowest BCUT2D eigenvalue weighted by Crippen LogP contribution is -2.45. The molecule has 0 aliphatic carbocycles. The Morgan fingerprint density at radius 2 is 1.61 bits per heavy atom. The first-order valence-corrected chi connectivity index (χ1v) is 7.80. The van der Waals surface area contributed by atoms with Crippen molar-refractivity contribution in [3.8, 4) is 0 Å². The molecule has 0 aromatic heterocycles. The Balaban J connectivity index is 1.81. The molecule has 0 saturated carbocycles. The number of hydrogen-bond acceptors (Lipinski definition) is 3. The molecular weight excluding hydrogens is 222 g/mol. The summed E-state index contributed by atoms with van der Waals surface area (Å²) in [7, 11) is 2.22. The fraction of sp³-hybridized carbons (Fsp3) is 1.00. The predicted octanol–water partition coefficient (Wildman–Crippen LogP) is 2.04. The van der Waals surface area contributed by atoms with E-state index in [4.69, 9.17) is 0 Å². The van der Waals surface area contributed by atoms with E-state index < -0.39 is 0 Å². The van der Waals surface area contributed by atoms with Gasteiger partial charge in [0.2, 0.25) is 0 Å². The van der Waals surface area contributed by atoms with Gasteiger partial charge in [0.05, 0.1) is 0 Å². The number of likely N-dealkylation sites (N-methyl/N-ethyl adjacent to an activating group) is 1. The van der Waals surface area contributed by atoms with Crippen LogP contribution in [0.5, 0.6) is 0 Å². The molecule has 3 nitrogen and oxygen atoms in total. The van der Waals surface area contributed by atoms with Gasteiger partial charge in [-0.05, 0) is 45.4 Å². The van der Waals surface area contributed by atoms with Crippen LogP contribution in [0.25, 0.3) is 0 Å². The fourth-order valence-electron chi connectivity index (χ4n) is 2.43. The zero-order valence-electron chi connectivity index (χ0n) is 12.7. The lowest BCUT2D eigenvalue weighted by atomic mass is 10.1. The summed E-state index contributed by atoms with van der Waals surface area (Å²) >= 11 is 0. The number of hydrogen-bond donors (Lipinski definition) is 1. The molecule has 1 saturated heterocycles. The Labute approximate surface area is 114 Å². The smallest absolute Gasteiger partial charge is 0.0110 e. The van der Waals surface area contributed by atoms with E-state index in [-0.39, 0.29) is 0 Å². The fourth-order valence-corrected chi connectivity index (χ4v) is 2.43. The highest BCUT2D eigenvalue weighted by atomic mass is 15.2. The van der Waals surface area contributed by atoms with Crippen LogP contribution in [0.15, 0.2) is 0 Å². The number of rotatable bonds is 9.